The summed E-state index contributed by atoms with van der Waals surface area (Å²) >= 11 is 6.15. The van der Waals surface area contributed by atoms with Gasteiger partial charge in [-0.15, -0.1) is 24.0 Å². The van der Waals surface area contributed by atoms with E-state index in [1.165, 1.54) is 18.5 Å². The maximum atomic E-state index is 6.15. The topological polar surface area (TPSA) is 52.1 Å². The minimum atomic E-state index is 0. The van der Waals surface area contributed by atoms with Crippen molar-refractivity contribution in [2.75, 3.05) is 64.4 Å². The van der Waals surface area contributed by atoms with E-state index >= 15 is 0 Å². The van der Waals surface area contributed by atoms with Gasteiger partial charge in [0.05, 0.1) is 6.61 Å². The van der Waals surface area contributed by atoms with Crippen LogP contribution < -0.4 is 15.5 Å². The number of nitrogens with one attached hydrogen (secondary N) is 2. The van der Waals surface area contributed by atoms with Gasteiger partial charge in [-0.1, -0.05) is 17.7 Å². The molecule has 6 nitrogen and oxygen atoms in total. The van der Waals surface area contributed by atoms with Gasteiger partial charge in [0, 0.05) is 56.6 Å². The lowest BCUT2D eigenvalue weighted by Crippen LogP contribution is -2.45. The van der Waals surface area contributed by atoms with Gasteiger partial charge in [-0.3, -0.25) is 4.99 Å². The van der Waals surface area contributed by atoms with Crippen molar-refractivity contribution in [2.24, 2.45) is 10.9 Å². The number of ether oxygens (including phenoxy) is 1. The maximum absolute atomic E-state index is 6.15. The number of halogens is 2. The van der Waals surface area contributed by atoms with Gasteiger partial charge in [0.2, 0.25) is 0 Å². The van der Waals surface area contributed by atoms with Crippen molar-refractivity contribution in [3.8, 4) is 0 Å². The van der Waals surface area contributed by atoms with E-state index in [4.69, 9.17) is 21.3 Å². The van der Waals surface area contributed by atoms with Crippen molar-refractivity contribution < 1.29 is 4.74 Å². The first-order chi connectivity index (χ1) is 14.2. The van der Waals surface area contributed by atoms with E-state index in [-0.39, 0.29) is 24.0 Å². The molecule has 0 bridgehead atoms. The molecule has 2 aliphatic heterocycles. The Morgan fingerprint density at radius 3 is 2.73 bits per heavy atom. The van der Waals surface area contributed by atoms with Crippen LogP contribution in [-0.2, 0) is 4.74 Å². The number of guanidine groups is 1. The Labute approximate surface area is 203 Å². The van der Waals surface area contributed by atoms with E-state index in [9.17, 15) is 0 Å². The van der Waals surface area contributed by atoms with Crippen LogP contribution in [0.25, 0.3) is 0 Å². The number of likely N-dealkylation sites (tertiary alicyclic amines) is 1. The third-order valence-corrected chi connectivity index (χ3v) is 6.11. The summed E-state index contributed by atoms with van der Waals surface area (Å²) in [5, 5.41) is 7.86. The van der Waals surface area contributed by atoms with E-state index < -0.39 is 0 Å². The molecule has 2 aliphatic rings. The summed E-state index contributed by atoms with van der Waals surface area (Å²) in [6, 6.07) is 8.52. The zero-order chi connectivity index (χ0) is 20.5. The van der Waals surface area contributed by atoms with Gasteiger partial charge < -0.3 is 25.2 Å². The van der Waals surface area contributed by atoms with E-state index in [1.807, 2.05) is 18.2 Å². The minimum absolute atomic E-state index is 0. The number of anilines is 1. The predicted octanol–water partition coefficient (Wildman–Crippen LogP) is 3.45. The van der Waals surface area contributed by atoms with Gasteiger partial charge in [-0.05, 0) is 63.4 Å². The highest BCUT2D eigenvalue weighted by Crippen LogP contribution is 2.23. The lowest BCUT2D eigenvalue weighted by Gasteiger charge is -2.31. The van der Waals surface area contributed by atoms with Gasteiger partial charge in [0.1, 0.15) is 0 Å². The zero-order valence-electron chi connectivity index (χ0n) is 18.3. The second-order valence-electron chi connectivity index (χ2n) is 8.05. The molecule has 2 heterocycles. The molecule has 2 N–H and O–H groups in total. The number of hydrogen-bond acceptors (Lipinski definition) is 4. The third kappa shape index (κ3) is 8.05. The van der Waals surface area contributed by atoms with Crippen molar-refractivity contribution >= 4 is 47.2 Å². The summed E-state index contributed by atoms with van der Waals surface area (Å²) in [7, 11) is 1.77. The van der Waals surface area contributed by atoms with Gasteiger partial charge in [-0.2, -0.15) is 0 Å². The van der Waals surface area contributed by atoms with Crippen LogP contribution in [0.5, 0.6) is 0 Å². The van der Waals surface area contributed by atoms with E-state index in [0.29, 0.717) is 12.0 Å². The Balaban J connectivity index is 0.00000320. The fourth-order valence-electron chi connectivity index (χ4n) is 4.13. The quantitative estimate of drug-likeness (QED) is 0.296. The fourth-order valence-corrected chi connectivity index (χ4v) is 4.32. The van der Waals surface area contributed by atoms with E-state index in [1.54, 1.807) is 7.11 Å². The molecular weight excluding hydrogens is 513 g/mol. The molecule has 1 unspecified atom stereocenters. The number of rotatable bonds is 8. The third-order valence-electron chi connectivity index (χ3n) is 5.87. The molecule has 0 aliphatic carbocycles. The molecule has 2 fully saturated rings. The molecule has 0 radical (unpaired) electrons. The normalized spacial score (nSPS) is 20.8. The molecule has 0 amide bonds. The second kappa shape index (κ2) is 13.6. The molecule has 0 aromatic heterocycles. The van der Waals surface area contributed by atoms with E-state index in [0.717, 1.165) is 69.8 Å². The highest BCUT2D eigenvalue weighted by atomic mass is 127. The molecule has 0 spiro atoms. The van der Waals surface area contributed by atoms with Crippen molar-refractivity contribution in [3.63, 3.8) is 0 Å². The monoisotopic (exact) mass is 549 g/mol. The molecular formula is C22H37ClIN5O. The maximum Gasteiger partial charge on any atom is 0.191 e. The standard InChI is InChI=1S/C22H36ClN5O.HI/c1-3-24-22(25-16-18-7-10-27(11-8-18)13-14-29-2)26-20-9-12-28(17-20)21-6-4-5-19(23)15-21;/h4-6,15,18,20H,3,7-14,16-17H2,1-2H3,(H2,24,25,26);1H. The SMILES string of the molecule is CCNC(=NCC1CCN(CCOC)CC1)NC1CCN(c2cccc(Cl)c2)C1.I. The average molecular weight is 550 g/mol. The summed E-state index contributed by atoms with van der Waals surface area (Å²) in [4.78, 5) is 9.80. The smallest absolute Gasteiger partial charge is 0.191 e. The first-order valence-corrected chi connectivity index (χ1v) is 11.3. The first kappa shape index (κ1) is 25.5. The molecule has 30 heavy (non-hydrogen) atoms. The molecule has 170 valence electrons. The number of piperidine rings is 1. The molecule has 3 rings (SSSR count). The predicted molar refractivity (Wildman–Crippen MR) is 138 cm³/mol. The molecule has 2 saturated heterocycles. The highest BCUT2D eigenvalue weighted by molar-refractivity contribution is 14.0. The fraction of sp³-hybridized carbons (Fsp3) is 0.682. The van der Waals surface area contributed by atoms with Crippen LogP contribution in [0.4, 0.5) is 5.69 Å². The lowest BCUT2D eigenvalue weighted by molar-refractivity contribution is 0.121. The Morgan fingerprint density at radius 2 is 2.03 bits per heavy atom. The van der Waals surface area contributed by atoms with Crippen LogP contribution in [0.1, 0.15) is 26.2 Å². The summed E-state index contributed by atoms with van der Waals surface area (Å²) in [6.07, 6.45) is 3.55. The molecule has 1 atom stereocenters. The van der Waals surface area contributed by atoms with Crippen LogP contribution in [0.15, 0.2) is 29.3 Å². The number of hydrogen-bond donors (Lipinski definition) is 2. The second-order valence-corrected chi connectivity index (χ2v) is 8.49. The highest BCUT2D eigenvalue weighted by Gasteiger charge is 2.24. The Kier molecular flexibility index (Phi) is 11.6. The number of benzene rings is 1. The average Bonchev–Trinajstić information content (AvgIpc) is 3.20. The van der Waals surface area contributed by atoms with Gasteiger partial charge in [0.15, 0.2) is 5.96 Å². The van der Waals surface area contributed by atoms with Crippen LogP contribution in [0.2, 0.25) is 5.02 Å². The van der Waals surface area contributed by atoms with Crippen LogP contribution in [0, 0.1) is 5.92 Å². The Morgan fingerprint density at radius 1 is 1.23 bits per heavy atom. The van der Waals surface area contributed by atoms with Crippen LogP contribution in [-0.4, -0.2) is 76.4 Å². The van der Waals surface area contributed by atoms with Gasteiger partial charge >= 0.3 is 0 Å². The summed E-state index contributed by atoms with van der Waals surface area (Å²) in [5.74, 6) is 1.63. The molecule has 0 saturated carbocycles. The number of nitrogens with zero attached hydrogens (tertiary/aromatic N) is 3. The largest absolute Gasteiger partial charge is 0.383 e. The summed E-state index contributed by atoms with van der Waals surface area (Å²) in [5.41, 5.74) is 1.20. The van der Waals surface area contributed by atoms with Gasteiger partial charge in [-0.25, -0.2) is 0 Å². The number of methoxy groups -OCH3 is 1. The lowest BCUT2D eigenvalue weighted by atomic mass is 9.97. The molecule has 8 heteroatoms. The van der Waals surface area contributed by atoms with E-state index in [2.05, 4.69) is 33.4 Å². The van der Waals surface area contributed by atoms with Gasteiger partial charge in [0.25, 0.3) is 0 Å². The summed E-state index contributed by atoms with van der Waals surface area (Å²) < 4.78 is 5.19. The Bertz CT molecular complexity index is 654. The summed E-state index contributed by atoms with van der Waals surface area (Å²) in [6.45, 7) is 10.1. The van der Waals surface area contributed by atoms with Crippen molar-refractivity contribution in [1.29, 1.82) is 0 Å². The number of aliphatic imine (C=N–C) groups is 1. The molecule has 1 aromatic rings. The van der Waals surface area contributed by atoms with Crippen molar-refractivity contribution in [3.05, 3.63) is 29.3 Å². The van der Waals surface area contributed by atoms with Crippen LogP contribution in [0.3, 0.4) is 0 Å². The van der Waals surface area contributed by atoms with Crippen LogP contribution >= 0.6 is 35.6 Å². The minimum Gasteiger partial charge on any atom is -0.383 e. The van der Waals surface area contributed by atoms with Crippen molar-refractivity contribution in [1.82, 2.24) is 15.5 Å². The Hall–Kier alpha value is -0.770. The zero-order valence-corrected chi connectivity index (χ0v) is 21.4. The molecule has 1 aromatic carbocycles. The van der Waals surface area contributed by atoms with Crippen molar-refractivity contribution in [2.45, 2.75) is 32.2 Å². The first-order valence-electron chi connectivity index (χ1n) is 10.9.